The molecular weight excluding hydrogens is 316 g/mol. The Hall–Kier alpha value is -3.00. The molecule has 2 nitrogen and oxygen atoms in total. The van der Waals surface area contributed by atoms with Gasteiger partial charge in [0.25, 0.3) is 0 Å². The predicted molar refractivity (Wildman–Crippen MR) is 116 cm³/mol. The zero-order valence-corrected chi connectivity index (χ0v) is 16.0. The van der Waals surface area contributed by atoms with Crippen LogP contribution in [-0.2, 0) is 0 Å². The van der Waals surface area contributed by atoms with Gasteiger partial charge in [-0.1, -0.05) is 55.1 Å². The van der Waals surface area contributed by atoms with Crippen LogP contribution in [0, 0.1) is 0 Å². The Morgan fingerprint density at radius 3 is 1.62 bits per heavy atom. The predicted octanol–water partition coefficient (Wildman–Crippen LogP) is 5.80. The van der Waals surface area contributed by atoms with Gasteiger partial charge >= 0.3 is 0 Å². The minimum absolute atomic E-state index is 1.15. The fourth-order valence-electron chi connectivity index (χ4n) is 3.17. The van der Waals surface area contributed by atoms with E-state index in [1.807, 2.05) is 6.08 Å². The molecule has 0 N–H and O–H groups in total. The van der Waals surface area contributed by atoms with Crippen LogP contribution in [0.3, 0.4) is 0 Å². The zero-order chi connectivity index (χ0) is 18.7. The molecule has 0 atom stereocenters. The maximum absolute atomic E-state index is 4.02. The summed E-state index contributed by atoms with van der Waals surface area (Å²) in [6.07, 6.45) is 1.94. The van der Waals surface area contributed by atoms with E-state index in [0.717, 1.165) is 5.56 Å². The highest BCUT2D eigenvalue weighted by Crippen LogP contribution is 2.36. The summed E-state index contributed by atoms with van der Waals surface area (Å²) in [5, 5.41) is 0. The second kappa shape index (κ2) is 7.49. The summed E-state index contributed by atoms with van der Waals surface area (Å²) in [7, 11) is 8.24. The van der Waals surface area contributed by atoms with Gasteiger partial charge in [-0.3, -0.25) is 0 Å². The summed E-state index contributed by atoms with van der Waals surface area (Å²) in [5.41, 5.74) is 8.42. The first-order valence-corrected chi connectivity index (χ1v) is 8.82. The molecule has 0 unspecified atom stereocenters. The van der Waals surface area contributed by atoms with E-state index in [-0.39, 0.29) is 0 Å². The largest absolute Gasteiger partial charge is 0.378 e. The monoisotopic (exact) mass is 342 g/mol. The third-order valence-electron chi connectivity index (χ3n) is 4.68. The van der Waals surface area contributed by atoms with E-state index in [0.29, 0.717) is 0 Å². The van der Waals surface area contributed by atoms with Gasteiger partial charge in [0.05, 0.1) is 0 Å². The van der Waals surface area contributed by atoms with E-state index in [9.17, 15) is 0 Å². The van der Waals surface area contributed by atoms with Crippen LogP contribution in [0.25, 0.3) is 28.3 Å². The van der Waals surface area contributed by atoms with Gasteiger partial charge in [0.15, 0.2) is 0 Å². The molecule has 0 aromatic heterocycles. The fourth-order valence-corrected chi connectivity index (χ4v) is 3.17. The molecule has 0 bridgehead atoms. The highest BCUT2D eigenvalue weighted by molar-refractivity contribution is 5.90. The SMILES string of the molecule is C=Cc1cccc(-c2ccc(N(C)C)cc2)c1-c1ccc(N(C)C)cc1. The Bertz CT molecular complexity index is 888. The fraction of sp³-hybridized carbons (Fsp3) is 0.167. The Balaban J connectivity index is 2.13. The first kappa shape index (κ1) is 17.8. The lowest BCUT2D eigenvalue weighted by atomic mass is 9.90. The normalized spacial score (nSPS) is 10.5. The molecule has 26 heavy (non-hydrogen) atoms. The molecular formula is C24H26N2. The third kappa shape index (κ3) is 3.50. The van der Waals surface area contributed by atoms with Crippen LogP contribution in [0.4, 0.5) is 11.4 Å². The Morgan fingerprint density at radius 2 is 1.15 bits per heavy atom. The molecule has 0 aliphatic carbocycles. The van der Waals surface area contributed by atoms with Gasteiger partial charge in [-0.2, -0.15) is 0 Å². The van der Waals surface area contributed by atoms with Crippen molar-refractivity contribution in [2.75, 3.05) is 38.0 Å². The van der Waals surface area contributed by atoms with E-state index in [1.165, 1.54) is 33.6 Å². The highest BCUT2D eigenvalue weighted by Gasteiger charge is 2.11. The van der Waals surface area contributed by atoms with Crippen molar-refractivity contribution in [2.45, 2.75) is 0 Å². The van der Waals surface area contributed by atoms with Gasteiger partial charge in [0, 0.05) is 39.6 Å². The second-order valence-corrected chi connectivity index (χ2v) is 6.86. The summed E-state index contributed by atoms with van der Waals surface area (Å²) in [6.45, 7) is 4.02. The molecule has 132 valence electrons. The van der Waals surface area contributed by atoms with Crippen molar-refractivity contribution in [1.29, 1.82) is 0 Å². The van der Waals surface area contributed by atoms with Crippen molar-refractivity contribution in [2.24, 2.45) is 0 Å². The van der Waals surface area contributed by atoms with Gasteiger partial charge in [-0.25, -0.2) is 0 Å². The molecule has 3 rings (SSSR count). The molecule has 0 saturated heterocycles. The molecule has 0 amide bonds. The average Bonchev–Trinajstić information content (AvgIpc) is 2.67. The van der Waals surface area contributed by atoms with Gasteiger partial charge in [-0.05, 0) is 52.1 Å². The van der Waals surface area contributed by atoms with E-state index >= 15 is 0 Å². The van der Waals surface area contributed by atoms with Gasteiger partial charge < -0.3 is 9.80 Å². The number of nitrogens with zero attached hydrogens (tertiary/aromatic N) is 2. The Morgan fingerprint density at radius 1 is 0.654 bits per heavy atom. The minimum atomic E-state index is 1.15. The molecule has 0 spiro atoms. The highest BCUT2D eigenvalue weighted by atomic mass is 15.1. The zero-order valence-electron chi connectivity index (χ0n) is 16.0. The van der Waals surface area contributed by atoms with E-state index in [2.05, 4.69) is 111 Å². The number of hydrogen-bond donors (Lipinski definition) is 0. The Kier molecular flexibility index (Phi) is 5.13. The number of rotatable bonds is 5. The molecule has 0 aliphatic heterocycles. The van der Waals surface area contributed by atoms with E-state index in [4.69, 9.17) is 0 Å². The summed E-state index contributed by atoms with van der Waals surface area (Å²) < 4.78 is 0. The lowest BCUT2D eigenvalue weighted by Gasteiger charge is -2.17. The molecule has 0 heterocycles. The van der Waals surface area contributed by atoms with Crippen molar-refractivity contribution < 1.29 is 0 Å². The van der Waals surface area contributed by atoms with Crippen LogP contribution in [0.5, 0.6) is 0 Å². The first-order valence-electron chi connectivity index (χ1n) is 8.82. The topological polar surface area (TPSA) is 6.48 Å². The van der Waals surface area contributed by atoms with Crippen LogP contribution in [-0.4, -0.2) is 28.2 Å². The van der Waals surface area contributed by atoms with Crippen LogP contribution >= 0.6 is 0 Å². The average molecular weight is 342 g/mol. The molecule has 3 aromatic rings. The first-order chi connectivity index (χ1) is 12.5. The van der Waals surface area contributed by atoms with E-state index < -0.39 is 0 Å². The van der Waals surface area contributed by atoms with Crippen LogP contribution < -0.4 is 9.80 Å². The number of anilines is 2. The number of benzene rings is 3. The molecule has 0 aliphatic rings. The Labute approximate surface area is 157 Å². The molecule has 0 radical (unpaired) electrons. The van der Waals surface area contributed by atoms with Crippen LogP contribution in [0.15, 0.2) is 73.3 Å². The molecule has 0 saturated carbocycles. The van der Waals surface area contributed by atoms with Crippen molar-refractivity contribution in [1.82, 2.24) is 0 Å². The third-order valence-corrected chi connectivity index (χ3v) is 4.68. The quantitative estimate of drug-likeness (QED) is 0.578. The van der Waals surface area contributed by atoms with Crippen LogP contribution in [0.2, 0.25) is 0 Å². The maximum Gasteiger partial charge on any atom is 0.0361 e. The van der Waals surface area contributed by atoms with E-state index in [1.54, 1.807) is 0 Å². The molecule has 2 heteroatoms. The molecule has 3 aromatic carbocycles. The smallest absolute Gasteiger partial charge is 0.0361 e. The standard InChI is InChI=1S/C24H26N2/c1-6-18-8-7-9-23(19-10-14-21(15-11-19)25(2)3)24(18)20-12-16-22(17-13-20)26(4)5/h6-17H,1H2,2-5H3. The lowest BCUT2D eigenvalue weighted by Crippen LogP contribution is -2.08. The van der Waals surface area contributed by atoms with Crippen molar-refractivity contribution >= 4 is 17.5 Å². The van der Waals surface area contributed by atoms with Gasteiger partial charge in [0.2, 0.25) is 0 Å². The summed E-state index contributed by atoms with van der Waals surface area (Å²) >= 11 is 0. The van der Waals surface area contributed by atoms with Gasteiger partial charge in [0.1, 0.15) is 0 Å². The maximum atomic E-state index is 4.02. The van der Waals surface area contributed by atoms with Crippen molar-refractivity contribution in [3.05, 3.63) is 78.9 Å². The molecule has 0 fully saturated rings. The second-order valence-electron chi connectivity index (χ2n) is 6.86. The van der Waals surface area contributed by atoms with Crippen molar-refractivity contribution in [3.8, 4) is 22.3 Å². The summed E-state index contributed by atoms with van der Waals surface area (Å²) in [4.78, 5) is 4.23. The van der Waals surface area contributed by atoms with Crippen molar-refractivity contribution in [3.63, 3.8) is 0 Å². The summed E-state index contributed by atoms with van der Waals surface area (Å²) in [6, 6.07) is 23.8. The summed E-state index contributed by atoms with van der Waals surface area (Å²) in [5.74, 6) is 0. The lowest BCUT2D eigenvalue weighted by molar-refractivity contribution is 1.13. The minimum Gasteiger partial charge on any atom is -0.378 e. The number of hydrogen-bond acceptors (Lipinski definition) is 2. The van der Waals surface area contributed by atoms with Gasteiger partial charge in [-0.15, -0.1) is 0 Å². The van der Waals surface area contributed by atoms with Crippen LogP contribution in [0.1, 0.15) is 5.56 Å².